The number of para-hydroxylation sites is 2. The normalized spacial score (nSPS) is 22.7. The minimum atomic E-state index is -3.96. The van der Waals surface area contributed by atoms with Gasteiger partial charge >= 0.3 is 0 Å². The summed E-state index contributed by atoms with van der Waals surface area (Å²) in [4.78, 5) is 22.7. The molecule has 1 aromatic heterocycles. The summed E-state index contributed by atoms with van der Waals surface area (Å²) < 4.78 is 60.7. The van der Waals surface area contributed by atoms with Gasteiger partial charge in [0.2, 0.25) is 10.0 Å². The lowest BCUT2D eigenvalue weighted by Crippen LogP contribution is -2.49. The van der Waals surface area contributed by atoms with Gasteiger partial charge in [-0.15, -0.1) is 0 Å². The van der Waals surface area contributed by atoms with E-state index in [4.69, 9.17) is 4.98 Å². The van der Waals surface area contributed by atoms with Gasteiger partial charge in [0.15, 0.2) is 0 Å². The molecule has 11 heteroatoms. The summed E-state index contributed by atoms with van der Waals surface area (Å²) in [6.45, 7) is 8.85. The van der Waals surface area contributed by atoms with E-state index in [1.165, 1.54) is 17.6 Å². The first-order valence-corrected chi connectivity index (χ1v) is 19.3. The fraction of sp³-hybridized carbons (Fsp3) is 0.487. The Morgan fingerprint density at radius 1 is 0.940 bits per heavy atom. The van der Waals surface area contributed by atoms with E-state index in [0.29, 0.717) is 44.1 Å². The van der Waals surface area contributed by atoms with Gasteiger partial charge in [0.05, 0.1) is 21.5 Å². The predicted molar refractivity (Wildman–Crippen MR) is 191 cm³/mol. The van der Waals surface area contributed by atoms with Crippen LogP contribution in [-0.2, 0) is 15.4 Å². The average molecular weight is 704 g/mol. The molecule has 0 saturated carbocycles. The Hall–Kier alpha value is -3.67. The van der Waals surface area contributed by atoms with Crippen molar-refractivity contribution in [3.8, 4) is 0 Å². The van der Waals surface area contributed by atoms with Crippen LogP contribution in [-0.4, -0.2) is 70.9 Å². The Morgan fingerprint density at radius 3 is 2.32 bits per heavy atom. The van der Waals surface area contributed by atoms with Crippen molar-refractivity contribution in [1.82, 2.24) is 24.1 Å². The van der Waals surface area contributed by atoms with Gasteiger partial charge in [-0.05, 0) is 133 Å². The van der Waals surface area contributed by atoms with Crippen molar-refractivity contribution in [3.63, 3.8) is 0 Å². The summed E-state index contributed by atoms with van der Waals surface area (Å²) in [6, 6.07) is 19.9. The monoisotopic (exact) mass is 703 g/mol. The van der Waals surface area contributed by atoms with Crippen LogP contribution in [0, 0.1) is 18.6 Å². The van der Waals surface area contributed by atoms with Crippen molar-refractivity contribution in [2.45, 2.75) is 107 Å². The number of fused-ring (bicyclic) bond motifs is 3. The first-order valence-electron chi connectivity index (χ1n) is 17.8. The van der Waals surface area contributed by atoms with Crippen molar-refractivity contribution in [1.29, 1.82) is 0 Å². The van der Waals surface area contributed by atoms with E-state index in [-0.39, 0.29) is 21.7 Å². The number of nitrogens with one attached hydrogen (secondary N) is 1. The minimum absolute atomic E-state index is 0.155. The van der Waals surface area contributed by atoms with E-state index in [1.54, 1.807) is 37.8 Å². The Kier molecular flexibility index (Phi) is 9.14. The number of aryl methyl sites for hydroxylation is 1. The van der Waals surface area contributed by atoms with Gasteiger partial charge in [-0.2, -0.15) is 0 Å². The van der Waals surface area contributed by atoms with Crippen LogP contribution in [0.2, 0.25) is 0 Å². The molecule has 4 heterocycles. The van der Waals surface area contributed by atoms with E-state index in [9.17, 15) is 17.6 Å². The van der Waals surface area contributed by atoms with Gasteiger partial charge in [-0.25, -0.2) is 26.9 Å². The molecule has 0 unspecified atom stereocenters. The van der Waals surface area contributed by atoms with Crippen LogP contribution in [0.1, 0.15) is 93.5 Å². The third kappa shape index (κ3) is 6.72. The Bertz CT molecular complexity index is 2000. The number of carbonyl (C=O) groups excluding carboxylic acids is 1. The number of likely N-dealkylation sites (tertiary alicyclic amines) is 1. The maximum absolute atomic E-state index is 15.1. The molecular formula is C39H47F2N5O3S. The number of imidazole rings is 1. The number of nitrogens with zero attached hydrogens (tertiary/aromatic N) is 4. The molecule has 1 amide bonds. The second-order valence-corrected chi connectivity index (χ2v) is 17.3. The quantitative estimate of drug-likeness (QED) is 0.211. The Morgan fingerprint density at radius 2 is 1.64 bits per heavy atom. The van der Waals surface area contributed by atoms with Crippen LogP contribution in [0.3, 0.4) is 0 Å². The molecular weight excluding hydrogens is 657 g/mol. The standard InChI is InChI=1S/C39H47F2N5O3S/c1-26-42-35-10-5-6-11-36(35)46(26)31-23-29-12-13-30(24-31)45(29)21-18-39(27-8-7-9-28(40)22-27)16-19-44(20-17-39)37(47)33-25-32(14-15-34(33)41)50(48,49)43-38(2,3)4/h5-11,14-15,22,25,29-31,43H,12-13,16-21,23-24H2,1-4H3/t29-,30+,31+. The van der Waals surface area contributed by atoms with E-state index < -0.39 is 27.3 Å². The first kappa shape index (κ1) is 34.8. The first-order chi connectivity index (χ1) is 23.7. The highest BCUT2D eigenvalue weighted by Gasteiger charge is 2.44. The number of piperidine rings is 2. The lowest BCUT2D eigenvalue weighted by Gasteiger charge is -2.45. The van der Waals surface area contributed by atoms with Crippen LogP contribution in [0.4, 0.5) is 8.78 Å². The van der Waals surface area contributed by atoms with Crippen LogP contribution in [0.15, 0.2) is 71.6 Å². The highest BCUT2D eigenvalue weighted by Crippen LogP contribution is 2.45. The largest absolute Gasteiger partial charge is 0.338 e. The van der Waals surface area contributed by atoms with Gasteiger partial charge in [0, 0.05) is 36.8 Å². The molecule has 1 N–H and O–H groups in total. The second-order valence-electron chi connectivity index (χ2n) is 15.6. The van der Waals surface area contributed by atoms with Crippen LogP contribution < -0.4 is 4.72 Å². The number of rotatable bonds is 8. The van der Waals surface area contributed by atoms with Crippen molar-refractivity contribution in [2.24, 2.45) is 0 Å². The smallest absolute Gasteiger partial charge is 0.256 e. The van der Waals surface area contributed by atoms with Gasteiger partial charge in [-0.3, -0.25) is 9.69 Å². The summed E-state index contributed by atoms with van der Waals surface area (Å²) in [7, 11) is -3.96. The van der Waals surface area contributed by atoms with Crippen molar-refractivity contribution in [3.05, 3.63) is 95.3 Å². The molecule has 50 heavy (non-hydrogen) atoms. The molecule has 3 atom stereocenters. The molecule has 0 radical (unpaired) electrons. The van der Waals surface area contributed by atoms with Crippen LogP contribution in [0.5, 0.6) is 0 Å². The molecule has 7 rings (SSSR count). The summed E-state index contributed by atoms with van der Waals surface area (Å²) in [5.74, 6) is -0.520. The molecule has 266 valence electrons. The average Bonchev–Trinajstić information content (AvgIpc) is 3.52. The number of aromatic nitrogens is 2. The molecule has 0 spiro atoms. The van der Waals surface area contributed by atoms with E-state index >= 15 is 4.39 Å². The maximum Gasteiger partial charge on any atom is 0.256 e. The van der Waals surface area contributed by atoms with Gasteiger partial charge < -0.3 is 9.47 Å². The zero-order valence-corrected chi connectivity index (χ0v) is 30.1. The number of carbonyl (C=O) groups is 1. The van der Waals surface area contributed by atoms with E-state index in [2.05, 4.69) is 39.3 Å². The number of sulfonamides is 1. The van der Waals surface area contributed by atoms with E-state index in [0.717, 1.165) is 67.7 Å². The van der Waals surface area contributed by atoms with Crippen LogP contribution in [0.25, 0.3) is 11.0 Å². The minimum Gasteiger partial charge on any atom is -0.338 e. The van der Waals surface area contributed by atoms with Crippen molar-refractivity contribution < 1.29 is 22.0 Å². The molecule has 3 saturated heterocycles. The summed E-state index contributed by atoms with van der Waals surface area (Å²) >= 11 is 0. The summed E-state index contributed by atoms with van der Waals surface area (Å²) in [5, 5.41) is 0. The van der Waals surface area contributed by atoms with E-state index in [1.807, 2.05) is 12.1 Å². The topological polar surface area (TPSA) is 87.5 Å². The number of hydrogen-bond donors (Lipinski definition) is 1. The summed E-state index contributed by atoms with van der Waals surface area (Å²) in [6.07, 6.45) is 6.47. The molecule has 2 bridgehead atoms. The second kappa shape index (κ2) is 13.1. The molecule has 3 aliphatic heterocycles. The van der Waals surface area contributed by atoms with Crippen molar-refractivity contribution >= 4 is 27.0 Å². The van der Waals surface area contributed by atoms with Crippen molar-refractivity contribution in [2.75, 3.05) is 19.6 Å². The zero-order chi connectivity index (χ0) is 35.4. The lowest BCUT2D eigenvalue weighted by molar-refractivity contribution is 0.0602. The number of benzene rings is 3. The third-order valence-electron chi connectivity index (χ3n) is 11.2. The summed E-state index contributed by atoms with van der Waals surface area (Å²) in [5.41, 5.74) is 1.81. The van der Waals surface area contributed by atoms with Gasteiger partial charge in [0.25, 0.3) is 5.91 Å². The Labute approximate surface area is 293 Å². The number of halogens is 2. The predicted octanol–water partition coefficient (Wildman–Crippen LogP) is 7.13. The fourth-order valence-corrected chi connectivity index (χ4v) is 10.3. The van der Waals surface area contributed by atoms with Gasteiger partial charge in [0.1, 0.15) is 17.5 Å². The third-order valence-corrected chi connectivity index (χ3v) is 13.0. The fourth-order valence-electron chi connectivity index (χ4n) is 8.90. The van der Waals surface area contributed by atoms with Crippen LogP contribution >= 0.6 is 0 Å². The Balaban J connectivity index is 1.07. The molecule has 8 nitrogen and oxygen atoms in total. The highest BCUT2D eigenvalue weighted by molar-refractivity contribution is 7.89. The number of amides is 1. The maximum atomic E-state index is 15.1. The molecule has 4 aromatic rings. The molecule has 3 aliphatic rings. The SMILES string of the molecule is Cc1nc2ccccc2n1[C@H]1C[C@H]2CC[C@@H](C1)N2CCC1(c2cccc(F)c2)CCN(C(=O)c2cc(S(=O)(=O)NC(C)(C)C)ccc2F)CC1. The zero-order valence-electron chi connectivity index (χ0n) is 29.3. The van der Waals surface area contributed by atoms with Gasteiger partial charge in [-0.1, -0.05) is 24.3 Å². The molecule has 3 fully saturated rings. The lowest BCUT2D eigenvalue weighted by atomic mass is 9.70. The molecule has 3 aromatic carbocycles. The highest BCUT2D eigenvalue weighted by atomic mass is 32.2. The molecule has 0 aliphatic carbocycles. The number of hydrogen-bond acceptors (Lipinski definition) is 5.